The minimum Gasteiger partial charge on any atom is -0.0599 e. The van der Waals surface area contributed by atoms with Gasteiger partial charge in [0, 0.05) is 0 Å². The molecular weight excluding hydrogens is 228 g/mol. The maximum atomic E-state index is 2.67. The Morgan fingerprint density at radius 1 is 0.842 bits per heavy atom. The van der Waals surface area contributed by atoms with Gasteiger partial charge in [0.1, 0.15) is 0 Å². The molecule has 3 aliphatic carbocycles. The van der Waals surface area contributed by atoms with E-state index in [0.29, 0.717) is 16.2 Å². The summed E-state index contributed by atoms with van der Waals surface area (Å²) >= 11 is 0. The summed E-state index contributed by atoms with van der Waals surface area (Å²) < 4.78 is 0. The van der Waals surface area contributed by atoms with Crippen LogP contribution in [0.1, 0.15) is 80.6 Å². The van der Waals surface area contributed by atoms with E-state index in [-0.39, 0.29) is 0 Å². The van der Waals surface area contributed by atoms with Gasteiger partial charge in [-0.3, -0.25) is 0 Å². The molecule has 5 atom stereocenters. The average molecular weight is 262 g/mol. The van der Waals surface area contributed by atoms with Crippen LogP contribution in [0.4, 0.5) is 0 Å². The zero-order chi connectivity index (χ0) is 14.3. The van der Waals surface area contributed by atoms with Crippen molar-refractivity contribution < 1.29 is 0 Å². The minimum absolute atomic E-state index is 0.456. The monoisotopic (exact) mass is 262 g/mol. The fraction of sp³-hybridized carbons (Fsp3) is 1.00. The second kappa shape index (κ2) is 3.60. The first kappa shape index (κ1) is 14.0. The summed E-state index contributed by atoms with van der Waals surface area (Å²) in [5, 5.41) is 0. The van der Waals surface area contributed by atoms with E-state index in [1.807, 2.05) is 0 Å². The van der Waals surface area contributed by atoms with E-state index in [1.165, 1.54) is 25.7 Å². The second-order valence-electron chi connectivity index (χ2n) is 10.4. The molecule has 3 aliphatic rings. The Morgan fingerprint density at radius 3 is 1.95 bits per heavy atom. The molecular formula is C19H34. The van der Waals surface area contributed by atoms with Gasteiger partial charge in [0.15, 0.2) is 0 Å². The van der Waals surface area contributed by atoms with Crippen molar-refractivity contribution >= 4 is 0 Å². The van der Waals surface area contributed by atoms with Crippen molar-refractivity contribution in [1.29, 1.82) is 0 Å². The molecule has 0 aromatic heterocycles. The summed E-state index contributed by atoms with van der Waals surface area (Å²) in [6.07, 6.45) is 7.61. The zero-order valence-electron chi connectivity index (χ0n) is 14.3. The molecule has 19 heavy (non-hydrogen) atoms. The van der Waals surface area contributed by atoms with E-state index in [1.54, 1.807) is 6.42 Å². The van der Waals surface area contributed by atoms with Crippen molar-refractivity contribution in [2.24, 2.45) is 39.4 Å². The first-order chi connectivity index (χ1) is 8.52. The third-order valence-electron chi connectivity index (χ3n) is 7.42. The van der Waals surface area contributed by atoms with Crippen LogP contribution in [-0.2, 0) is 0 Å². The number of hydrogen-bond donors (Lipinski definition) is 0. The minimum atomic E-state index is 0.456. The lowest BCUT2D eigenvalue weighted by molar-refractivity contribution is -0.104. The molecule has 0 nitrogen and oxygen atoms in total. The normalized spacial score (nSPS) is 49.7. The molecule has 0 amide bonds. The Kier molecular flexibility index (Phi) is 2.65. The Balaban J connectivity index is 2.04. The highest BCUT2D eigenvalue weighted by Gasteiger charge is 2.73. The molecule has 0 N–H and O–H groups in total. The van der Waals surface area contributed by atoms with Gasteiger partial charge in [-0.25, -0.2) is 0 Å². The molecule has 0 heterocycles. The van der Waals surface area contributed by atoms with Crippen molar-refractivity contribution in [3.8, 4) is 0 Å². The predicted octanol–water partition coefficient (Wildman–Crippen LogP) is 5.91. The van der Waals surface area contributed by atoms with Gasteiger partial charge in [-0.2, -0.15) is 0 Å². The molecule has 0 aromatic carbocycles. The van der Waals surface area contributed by atoms with E-state index in [4.69, 9.17) is 0 Å². The smallest absolute Gasteiger partial charge is 0.0209 e. The standard InChI is InChI=1S/C19H34/c1-16(2,3)14-9-11-19-12-13(19)8-10-18(19,7)15(14)17(4,5)6/h13-15H,8-12H2,1-7H3/t13-,14?,15?,18-,19?/m1/s1. The third-order valence-corrected chi connectivity index (χ3v) is 7.42. The van der Waals surface area contributed by atoms with E-state index in [9.17, 15) is 0 Å². The van der Waals surface area contributed by atoms with E-state index < -0.39 is 0 Å². The summed E-state index contributed by atoms with van der Waals surface area (Å²) in [4.78, 5) is 0. The molecule has 3 unspecified atom stereocenters. The maximum absolute atomic E-state index is 2.67. The van der Waals surface area contributed by atoms with Gasteiger partial charge in [-0.15, -0.1) is 0 Å². The summed E-state index contributed by atoms with van der Waals surface area (Å²) in [5.74, 6) is 2.91. The molecule has 0 aromatic rings. The van der Waals surface area contributed by atoms with E-state index >= 15 is 0 Å². The average Bonchev–Trinajstić information content (AvgIpc) is 2.85. The van der Waals surface area contributed by atoms with Crippen LogP contribution in [-0.4, -0.2) is 0 Å². The fourth-order valence-electron chi connectivity index (χ4n) is 6.75. The van der Waals surface area contributed by atoms with Crippen LogP contribution in [0.2, 0.25) is 0 Å². The SMILES string of the molecule is CC(C)(C)C1CCC23C[C@H]2CC[C@]3(C)C1C(C)(C)C. The second-order valence-corrected chi connectivity index (χ2v) is 10.4. The van der Waals surface area contributed by atoms with Crippen LogP contribution in [0.15, 0.2) is 0 Å². The lowest BCUT2D eigenvalue weighted by Gasteiger charge is -2.59. The van der Waals surface area contributed by atoms with Crippen LogP contribution >= 0.6 is 0 Å². The molecule has 110 valence electrons. The van der Waals surface area contributed by atoms with Gasteiger partial charge in [0.05, 0.1) is 0 Å². The lowest BCUT2D eigenvalue weighted by Crippen LogP contribution is -2.52. The Hall–Kier alpha value is 0. The summed E-state index contributed by atoms with van der Waals surface area (Å²) in [7, 11) is 0. The van der Waals surface area contributed by atoms with Crippen molar-refractivity contribution in [3.05, 3.63) is 0 Å². The van der Waals surface area contributed by atoms with Gasteiger partial charge in [0.25, 0.3) is 0 Å². The van der Waals surface area contributed by atoms with Crippen LogP contribution in [0.3, 0.4) is 0 Å². The maximum Gasteiger partial charge on any atom is -0.0209 e. The molecule has 0 aliphatic heterocycles. The highest BCUT2D eigenvalue weighted by Crippen LogP contribution is 2.81. The van der Waals surface area contributed by atoms with Crippen LogP contribution in [0, 0.1) is 39.4 Å². The molecule has 3 saturated carbocycles. The van der Waals surface area contributed by atoms with E-state index in [2.05, 4.69) is 48.5 Å². The van der Waals surface area contributed by atoms with Crippen LogP contribution < -0.4 is 0 Å². The quantitative estimate of drug-likeness (QED) is 0.509. The summed E-state index contributed by atoms with van der Waals surface area (Å²) in [6, 6.07) is 0. The topological polar surface area (TPSA) is 0 Å². The highest BCUT2D eigenvalue weighted by molar-refractivity contribution is 5.22. The zero-order valence-corrected chi connectivity index (χ0v) is 14.3. The van der Waals surface area contributed by atoms with Gasteiger partial charge >= 0.3 is 0 Å². The Morgan fingerprint density at radius 2 is 1.47 bits per heavy atom. The highest BCUT2D eigenvalue weighted by atomic mass is 14.8. The molecule has 0 bridgehead atoms. The first-order valence-electron chi connectivity index (χ1n) is 8.52. The molecule has 0 saturated heterocycles. The summed E-state index contributed by atoms with van der Waals surface area (Å²) in [5.41, 5.74) is 2.33. The molecule has 3 fully saturated rings. The van der Waals surface area contributed by atoms with Gasteiger partial charge < -0.3 is 0 Å². The van der Waals surface area contributed by atoms with Crippen LogP contribution in [0.5, 0.6) is 0 Å². The first-order valence-corrected chi connectivity index (χ1v) is 8.52. The van der Waals surface area contributed by atoms with Crippen molar-refractivity contribution in [2.45, 2.75) is 80.6 Å². The van der Waals surface area contributed by atoms with Crippen molar-refractivity contribution in [1.82, 2.24) is 0 Å². The third kappa shape index (κ3) is 1.70. The van der Waals surface area contributed by atoms with Crippen molar-refractivity contribution in [2.75, 3.05) is 0 Å². The molecule has 0 radical (unpaired) electrons. The van der Waals surface area contributed by atoms with Crippen molar-refractivity contribution in [3.63, 3.8) is 0 Å². The Bertz CT molecular complexity index is 380. The lowest BCUT2D eigenvalue weighted by atomic mass is 9.46. The molecule has 0 heteroatoms. The Labute approximate surface area is 120 Å². The predicted molar refractivity (Wildman–Crippen MR) is 83.0 cm³/mol. The van der Waals surface area contributed by atoms with Gasteiger partial charge in [0.2, 0.25) is 0 Å². The number of rotatable bonds is 0. The fourth-order valence-corrected chi connectivity index (χ4v) is 6.75. The largest absolute Gasteiger partial charge is 0.0599 e. The number of hydrogen-bond acceptors (Lipinski definition) is 0. The summed E-state index contributed by atoms with van der Waals surface area (Å²) in [6.45, 7) is 17.7. The van der Waals surface area contributed by atoms with Crippen LogP contribution in [0.25, 0.3) is 0 Å². The molecule has 3 rings (SSSR count). The van der Waals surface area contributed by atoms with Gasteiger partial charge in [-0.1, -0.05) is 48.5 Å². The van der Waals surface area contributed by atoms with E-state index in [0.717, 1.165) is 23.2 Å². The molecule has 1 spiro atoms. The van der Waals surface area contributed by atoms with Gasteiger partial charge in [-0.05, 0) is 71.5 Å².